The summed E-state index contributed by atoms with van der Waals surface area (Å²) in [5, 5.41) is 0. The van der Waals surface area contributed by atoms with E-state index in [0.717, 1.165) is 17.8 Å². The number of hydrogen-bond acceptors (Lipinski definition) is 3. The highest BCUT2D eigenvalue weighted by atomic mass is 16.2. The van der Waals surface area contributed by atoms with Gasteiger partial charge in [0.25, 0.3) is 5.91 Å². The Labute approximate surface area is 124 Å². The Morgan fingerprint density at radius 1 is 1.33 bits per heavy atom. The van der Waals surface area contributed by atoms with Crippen molar-refractivity contribution in [2.24, 2.45) is 5.73 Å². The van der Waals surface area contributed by atoms with Crippen molar-refractivity contribution in [1.29, 1.82) is 0 Å². The summed E-state index contributed by atoms with van der Waals surface area (Å²) < 4.78 is 0. The van der Waals surface area contributed by atoms with E-state index < -0.39 is 0 Å². The molecule has 1 aliphatic rings. The maximum Gasteiger partial charge on any atom is 0.259 e. The molecule has 3 rings (SSSR count). The number of carbonyl (C=O) groups excluding carboxylic acids is 1. The van der Waals surface area contributed by atoms with Gasteiger partial charge in [0, 0.05) is 30.0 Å². The summed E-state index contributed by atoms with van der Waals surface area (Å²) in [6.45, 7) is 3.24. The van der Waals surface area contributed by atoms with E-state index in [1.165, 1.54) is 5.56 Å². The molecule has 2 heterocycles. The standard InChI is InChI=1S/C17H19N3O/c1-12-6-7-13(10-19-12)17(21)20-11-14(8-9-18)15-4-2-3-5-16(15)20/h2-7,10,14H,8-9,11,18H2,1H3. The first-order valence-electron chi connectivity index (χ1n) is 7.24. The zero-order valence-electron chi connectivity index (χ0n) is 12.1. The van der Waals surface area contributed by atoms with E-state index >= 15 is 0 Å². The van der Waals surface area contributed by atoms with Gasteiger partial charge < -0.3 is 10.6 Å². The topological polar surface area (TPSA) is 59.2 Å². The highest BCUT2D eigenvalue weighted by Gasteiger charge is 2.32. The van der Waals surface area contributed by atoms with E-state index in [9.17, 15) is 4.79 Å². The van der Waals surface area contributed by atoms with Crippen molar-refractivity contribution in [1.82, 2.24) is 4.98 Å². The van der Waals surface area contributed by atoms with E-state index in [0.29, 0.717) is 24.6 Å². The van der Waals surface area contributed by atoms with Crippen LogP contribution in [0, 0.1) is 6.92 Å². The fourth-order valence-corrected chi connectivity index (χ4v) is 2.89. The van der Waals surface area contributed by atoms with Crippen LogP contribution in [0.4, 0.5) is 5.69 Å². The summed E-state index contributed by atoms with van der Waals surface area (Å²) in [5.41, 5.74) is 9.46. The van der Waals surface area contributed by atoms with Crippen LogP contribution in [0.3, 0.4) is 0 Å². The number of carbonyl (C=O) groups is 1. The first-order valence-corrected chi connectivity index (χ1v) is 7.24. The van der Waals surface area contributed by atoms with Crippen LogP contribution < -0.4 is 10.6 Å². The summed E-state index contributed by atoms with van der Waals surface area (Å²) in [5.74, 6) is 0.336. The number of para-hydroxylation sites is 1. The molecule has 1 aromatic carbocycles. The molecule has 1 unspecified atom stereocenters. The number of nitrogens with zero attached hydrogens (tertiary/aromatic N) is 2. The molecule has 1 aromatic heterocycles. The third-order valence-electron chi connectivity index (χ3n) is 3.99. The quantitative estimate of drug-likeness (QED) is 0.940. The third kappa shape index (κ3) is 2.54. The van der Waals surface area contributed by atoms with Gasteiger partial charge in [0.15, 0.2) is 0 Å². The zero-order chi connectivity index (χ0) is 14.8. The predicted molar refractivity (Wildman–Crippen MR) is 83.5 cm³/mol. The molecule has 2 N–H and O–H groups in total. The average molecular weight is 281 g/mol. The Morgan fingerprint density at radius 3 is 2.86 bits per heavy atom. The van der Waals surface area contributed by atoms with Crippen molar-refractivity contribution < 1.29 is 4.79 Å². The molecule has 1 atom stereocenters. The summed E-state index contributed by atoms with van der Waals surface area (Å²) in [6.07, 6.45) is 2.55. The molecule has 0 radical (unpaired) electrons. The SMILES string of the molecule is Cc1ccc(C(=O)N2CC(CCN)c3ccccc32)cn1. The van der Waals surface area contributed by atoms with Crippen molar-refractivity contribution in [2.45, 2.75) is 19.3 Å². The van der Waals surface area contributed by atoms with Crippen LogP contribution in [0.1, 0.15) is 34.0 Å². The fourth-order valence-electron chi connectivity index (χ4n) is 2.89. The van der Waals surface area contributed by atoms with E-state index in [4.69, 9.17) is 5.73 Å². The molecule has 0 saturated carbocycles. The lowest BCUT2D eigenvalue weighted by atomic mass is 9.98. The monoisotopic (exact) mass is 281 g/mol. The highest BCUT2D eigenvalue weighted by molar-refractivity contribution is 6.07. The zero-order valence-corrected chi connectivity index (χ0v) is 12.1. The first kappa shape index (κ1) is 13.8. The lowest BCUT2D eigenvalue weighted by Gasteiger charge is -2.17. The molecule has 0 fully saturated rings. The summed E-state index contributed by atoms with van der Waals surface area (Å²) in [7, 11) is 0. The number of benzene rings is 1. The lowest BCUT2D eigenvalue weighted by Crippen LogP contribution is -2.30. The van der Waals surface area contributed by atoms with Crippen molar-refractivity contribution in [3.63, 3.8) is 0 Å². The van der Waals surface area contributed by atoms with Crippen molar-refractivity contribution in [2.75, 3.05) is 18.0 Å². The highest BCUT2D eigenvalue weighted by Crippen LogP contribution is 2.38. The molecular weight excluding hydrogens is 262 g/mol. The van der Waals surface area contributed by atoms with Gasteiger partial charge >= 0.3 is 0 Å². The van der Waals surface area contributed by atoms with Crippen LogP contribution in [-0.2, 0) is 0 Å². The van der Waals surface area contributed by atoms with E-state index in [1.807, 2.05) is 42.2 Å². The second-order valence-electron chi connectivity index (χ2n) is 5.44. The minimum Gasteiger partial charge on any atom is -0.330 e. The largest absolute Gasteiger partial charge is 0.330 e. The summed E-state index contributed by atoms with van der Waals surface area (Å²) >= 11 is 0. The van der Waals surface area contributed by atoms with Gasteiger partial charge in [0.05, 0.1) is 5.56 Å². The second kappa shape index (κ2) is 5.66. The number of anilines is 1. The number of fused-ring (bicyclic) bond motifs is 1. The fraction of sp³-hybridized carbons (Fsp3) is 0.294. The van der Waals surface area contributed by atoms with Gasteiger partial charge in [0.2, 0.25) is 0 Å². The second-order valence-corrected chi connectivity index (χ2v) is 5.44. The molecule has 4 heteroatoms. The molecule has 1 amide bonds. The maximum atomic E-state index is 12.7. The van der Waals surface area contributed by atoms with Gasteiger partial charge in [0.1, 0.15) is 0 Å². The van der Waals surface area contributed by atoms with Gasteiger partial charge in [-0.05, 0) is 43.7 Å². The van der Waals surface area contributed by atoms with Crippen molar-refractivity contribution in [3.05, 3.63) is 59.4 Å². The number of rotatable bonds is 3. The smallest absolute Gasteiger partial charge is 0.259 e. The normalized spacial score (nSPS) is 16.9. The van der Waals surface area contributed by atoms with Gasteiger partial charge in [-0.3, -0.25) is 9.78 Å². The Morgan fingerprint density at radius 2 is 2.14 bits per heavy atom. The Kier molecular flexibility index (Phi) is 3.71. The van der Waals surface area contributed by atoms with Gasteiger partial charge in [-0.2, -0.15) is 0 Å². The maximum absolute atomic E-state index is 12.7. The molecule has 0 bridgehead atoms. The predicted octanol–water partition coefficient (Wildman–Crippen LogP) is 2.48. The molecular formula is C17H19N3O. The molecule has 108 valence electrons. The van der Waals surface area contributed by atoms with E-state index in [2.05, 4.69) is 11.1 Å². The minimum atomic E-state index is 0.00877. The Balaban J connectivity index is 1.92. The van der Waals surface area contributed by atoms with Crippen LogP contribution in [0.15, 0.2) is 42.6 Å². The van der Waals surface area contributed by atoms with Crippen LogP contribution in [0.5, 0.6) is 0 Å². The average Bonchev–Trinajstić information content (AvgIpc) is 2.87. The lowest BCUT2D eigenvalue weighted by molar-refractivity contribution is 0.0987. The summed E-state index contributed by atoms with van der Waals surface area (Å²) in [6, 6.07) is 11.8. The number of pyridine rings is 1. The number of nitrogens with two attached hydrogens (primary N) is 1. The number of amides is 1. The van der Waals surface area contributed by atoms with Crippen LogP contribution in [-0.4, -0.2) is 24.0 Å². The Hall–Kier alpha value is -2.20. The Bertz CT molecular complexity index is 651. The number of hydrogen-bond donors (Lipinski definition) is 1. The number of aromatic nitrogens is 1. The van der Waals surface area contributed by atoms with Crippen molar-refractivity contribution >= 4 is 11.6 Å². The summed E-state index contributed by atoms with van der Waals surface area (Å²) in [4.78, 5) is 18.8. The van der Waals surface area contributed by atoms with Crippen LogP contribution in [0.25, 0.3) is 0 Å². The van der Waals surface area contributed by atoms with Gasteiger partial charge in [-0.15, -0.1) is 0 Å². The number of aryl methyl sites for hydroxylation is 1. The molecule has 1 aliphatic heterocycles. The van der Waals surface area contributed by atoms with E-state index in [1.54, 1.807) is 6.20 Å². The third-order valence-corrected chi connectivity index (χ3v) is 3.99. The molecule has 21 heavy (non-hydrogen) atoms. The minimum absolute atomic E-state index is 0.00877. The molecule has 4 nitrogen and oxygen atoms in total. The molecule has 2 aromatic rings. The van der Waals surface area contributed by atoms with Gasteiger partial charge in [-0.25, -0.2) is 0 Å². The van der Waals surface area contributed by atoms with Crippen LogP contribution >= 0.6 is 0 Å². The van der Waals surface area contributed by atoms with E-state index in [-0.39, 0.29) is 5.91 Å². The molecule has 0 saturated heterocycles. The van der Waals surface area contributed by atoms with Gasteiger partial charge in [-0.1, -0.05) is 18.2 Å². The molecule has 0 spiro atoms. The van der Waals surface area contributed by atoms with Crippen molar-refractivity contribution in [3.8, 4) is 0 Å². The molecule has 0 aliphatic carbocycles. The first-order chi connectivity index (χ1) is 10.2. The van der Waals surface area contributed by atoms with Crippen LogP contribution in [0.2, 0.25) is 0 Å².